The third-order valence-corrected chi connectivity index (χ3v) is 9.29. The maximum absolute atomic E-state index is 14.0. The van der Waals surface area contributed by atoms with Gasteiger partial charge in [0.2, 0.25) is 10.0 Å². The van der Waals surface area contributed by atoms with Crippen molar-refractivity contribution >= 4 is 27.4 Å². The van der Waals surface area contributed by atoms with Crippen molar-refractivity contribution in [3.8, 4) is 5.75 Å². The van der Waals surface area contributed by atoms with Crippen LogP contribution in [0.15, 0.2) is 41.4 Å². The summed E-state index contributed by atoms with van der Waals surface area (Å²) in [5, 5.41) is 0.197. The molecule has 36 heavy (non-hydrogen) atoms. The van der Waals surface area contributed by atoms with Gasteiger partial charge in [-0.05, 0) is 80.7 Å². The maximum atomic E-state index is 14.0. The van der Waals surface area contributed by atoms with E-state index < -0.39 is 20.7 Å². The molecular formula is C26H34ClFN4O3S. The lowest BCUT2D eigenvalue weighted by atomic mass is 9.85. The Morgan fingerprint density at radius 2 is 1.75 bits per heavy atom. The zero-order valence-corrected chi connectivity index (χ0v) is 22.0. The molecule has 10 heteroatoms. The molecular weight excluding hydrogens is 503 g/mol. The van der Waals surface area contributed by atoms with E-state index in [0.29, 0.717) is 18.5 Å². The van der Waals surface area contributed by atoms with Gasteiger partial charge >= 0.3 is 0 Å². The summed E-state index contributed by atoms with van der Waals surface area (Å²) < 4.78 is 47.8. The second-order valence-electron chi connectivity index (χ2n) is 10.2. The number of hydrogen-bond donors (Lipinski definition) is 1. The highest BCUT2D eigenvalue weighted by molar-refractivity contribution is 7.89. The third kappa shape index (κ3) is 6.30. The number of anilines is 1. The van der Waals surface area contributed by atoms with Crippen molar-refractivity contribution in [1.29, 1.82) is 0 Å². The average Bonchev–Trinajstić information content (AvgIpc) is 3.73. The summed E-state index contributed by atoms with van der Waals surface area (Å²) in [6.45, 7) is 4.90. The summed E-state index contributed by atoms with van der Waals surface area (Å²) in [5.41, 5.74) is 0. The van der Waals surface area contributed by atoms with Crippen LogP contribution in [-0.4, -0.2) is 63.7 Å². The highest BCUT2D eigenvalue weighted by atomic mass is 35.5. The summed E-state index contributed by atoms with van der Waals surface area (Å²) in [6, 6.07) is 8.05. The Bertz CT molecular complexity index is 1150. The molecule has 3 fully saturated rings. The zero-order valence-electron chi connectivity index (χ0n) is 20.4. The molecule has 1 aromatic carbocycles. The standard InChI is InChI=1S/C26H34ClFN4O3S/c27-21-7-10-23(28)25(16-21)36(33,34)30-17-19-5-8-22(9-6-19)31-12-14-32(15-13-31)26-24(2-1-11-29-26)35-18-20-3-4-20/h1-2,7,10-11,16,19-20,22,30H,3-6,8-9,12-15,17-18H2. The van der Waals surface area contributed by atoms with E-state index in [4.69, 9.17) is 16.3 Å². The quantitative estimate of drug-likeness (QED) is 0.514. The second-order valence-corrected chi connectivity index (χ2v) is 12.4. The van der Waals surface area contributed by atoms with Gasteiger partial charge in [0.1, 0.15) is 10.7 Å². The van der Waals surface area contributed by atoms with Crippen molar-refractivity contribution in [1.82, 2.24) is 14.6 Å². The number of aromatic nitrogens is 1. The van der Waals surface area contributed by atoms with Gasteiger partial charge in [0.05, 0.1) is 6.61 Å². The van der Waals surface area contributed by atoms with Crippen LogP contribution in [0, 0.1) is 17.7 Å². The number of sulfonamides is 1. The molecule has 7 nitrogen and oxygen atoms in total. The van der Waals surface area contributed by atoms with Crippen LogP contribution in [0.3, 0.4) is 0 Å². The van der Waals surface area contributed by atoms with E-state index >= 15 is 0 Å². The first kappa shape index (κ1) is 25.7. The molecule has 2 aliphatic carbocycles. The van der Waals surface area contributed by atoms with E-state index in [2.05, 4.69) is 19.5 Å². The largest absolute Gasteiger partial charge is 0.489 e. The number of hydrogen-bond acceptors (Lipinski definition) is 6. The van der Waals surface area contributed by atoms with E-state index in [9.17, 15) is 12.8 Å². The summed E-state index contributed by atoms with van der Waals surface area (Å²) in [5.74, 6) is 2.00. The smallest absolute Gasteiger partial charge is 0.243 e. The monoisotopic (exact) mass is 536 g/mol. The average molecular weight is 537 g/mol. The van der Waals surface area contributed by atoms with Gasteiger partial charge in [-0.3, -0.25) is 4.90 Å². The normalized spacial score (nSPS) is 23.6. The van der Waals surface area contributed by atoms with Crippen molar-refractivity contribution in [3.05, 3.63) is 47.4 Å². The van der Waals surface area contributed by atoms with Crippen LogP contribution in [-0.2, 0) is 10.0 Å². The molecule has 2 saturated carbocycles. The second kappa shape index (κ2) is 11.2. The highest BCUT2D eigenvalue weighted by Crippen LogP contribution is 2.33. The van der Waals surface area contributed by atoms with Crippen molar-refractivity contribution < 1.29 is 17.5 Å². The minimum Gasteiger partial charge on any atom is -0.489 e. The van der Waals surface area contributed by atoms with Crippen LogP contribution in [0.25, 0.3) is 0 Å². The Labute approximate surface area is 218 Å². The van der Waals surface area contributed by atoms with Crippen molar-refractivity contribution in [2.75, 3.05) is 44.2 Å². The van der Waals surface area contributed by atoms with Crippen LogP contribution in [0.2, 0.25) is 5.02 Å². The fraction of sp³-hybridized carbons (Fsp3) is 0.577. The van der Waals surface area contributed by atoms with Crippen LogP contribution >= 0.6 is 11.6 Å². The lowest BCUT2D eigenvalue weighted by Crippen LogP contribution is -2.51. The first-order valence-corrected chi connectivity index (χ1v) is 14.8. The molecule has 0 radical (unpaired) electrons. The molecule has 1 aliphatic heterocycles. The Morgan fingerprint density at radius 3 is 2.47 bits per heavy atom. The zero-order chi connectivity index (χ0) is 25.1. The molecule has 196 valence electrons. The van der Waals surface area contributed by atoms with Gasteiger partial charge < -0.3 is 9.64 Å². The molecule has 1 saturated heterocycles. The molecule has 0 atom stereocenters. The lowest BCUT2D eigenvalue weighted by Gasteiger charge is -2.42. The Morgan fingerprint density at radius 1 is 1.03 bits per heavy atom. The van der Waals surface area contributed by atoms with Crippen LogP contribution in [0.4, 0.5) is 10.2 Å². The van der Waals surface area contributed by atoms with Gasteiger partial charge in [-0.15, -0.1) is 0 Å². The molecule has 0 bridgehead atoms. The molecule has 1 N–H and O–H groups in total. The number of halogens is 2. The number of pyridine rings is 1. The summed E-state index contributed by atoms with van der Waals surface area (Å²) in [6.07, 6.45) is 8.35. The first-order chi connectivity index (χ1) is 17.4. The van der Waals surface area contributed by atoms with Crippen molar-refractivity contribution in [2.45, 2.75) is 49.5 Å². The van der Waals surface area contributed by atoms with E-state index in [1.807, 2.05) is 18.3 Å². The summed E-state index contributed by atoms with van der Waals surface area (Å²) in [4.78, 5) is 9.11. The fourth-order valence-electron chi connectivity index (χ4n) is 5.23. The third-order valence-electron chi connectivity index (χ3n) is 7.61. The number of benzene rings is 1. The maximum Gasteiger partial charge on any atom is 0.243 e. The van der Waals surface area contributed by atoms with Gasteiger partial charge in [0.15, 0.2) is 11.6 Å². The van der Waals surface area contributed by atoms with Gasteiger partial charge in [-0.25, -0.2) is 22.5 Å². The predicted octanol–water partition coefficient (Wildman–Crippen LogP) is 4.32. The van der Waals surface area contributed by atoms with Crippen molar-refractivity contribution in [3.63, 3.8) is 0 Å². The molecule has 0 amide bonds. The lowest BCUT2D eigenvalue weighted by molar-refractivity contribution is 0.129. The van der Waals surface area contributed by atoms with Gasteiger partial charge in [-0.1, -0.05) is 11.6 Å². The van der Waals surface area contributed by atoms with Crippen molar-refractivity contribution in [2.24, 2.45) is 11.8 Å². The number of ether oxygens (including phenoxy) is 1. The van der Waals surface area contributed by atoms with Crippen LogP contribution < -0.4 is 14.4 Å². The minimum atomic E-state index is -3.93. The predicted molar refractivity (Wildman–Crippen MR) is 139 cm³/mol. The highest BCUT2D eigenvalue weighted by Gasteiger charge is 2.31. The summed E-state index contributed by atoms with van der Waals surface area (Å²) in [7, 11) is -3.93. The molecule has 0 unspecified atom stereocenters. The molecule has 1 aromatic heterocycles. The van der Waals surface area contributed by atoms with E-state index in [1.54, 1.807) is 0 Å². The Kier molecular flexibility index (Phi) is 8.00. The number of nitrogens with one attached hydrogen (secondary N) is 1. The number of nitrogens with zero attached hydrogens (tertiary/aromatic N) is 3. The molecule has 2 aromatic rings. The van der Waals surface area contributed by atoms with Crippen LogP contribution in [0.1, 0.15) is 38.5 Å². The van der Waals surface area contributed by atoms with Gasteiger partial charge in [-0.2, -0.15) is 0 Å². The Balaban J connectivity index is 1.08. The number of piperazine rings is 1. The Hall–Kier alpha value is -1.94. The van der Waals surface area contributed by atoms with E-state index in [0.717, 1.165) is 82.2 Å². The van der Waals surface area contributed by atoms with Gasteiger partial charge in [0.25, 0.3) is 0 Å². The molecule has 5 rings (SSSR count). The summed E-state index contributed by atoms with van der Waals surface area (Å²) >= 11 is 5.86. The molecule has 3 aliphatic rings. The van der Waals surface area contributed by atoms with Gasteiger partial charge in [0, 0.05) is 50.0 Å². The molecule has 0 spiro atoms. The number of rotatable bonds is 9. The van der Waals surface area contributed by atoms with E-state index in [-0.39, 0.29) is 10.9 Å². The van der Waals surface area contributed by atoms with E-state index in [1.165, 1.54) is 18.9 Å². The molecule has 2 heterocycles. The van der Waals surface area contributed by atoms with Crippen LogP contribution in [0.5, 0.6) is 5.75 Å². The fourth-order valence-corrected chi connectivity index (χ4v) is 6.68. The SMILES string of the molecule is O=S(=O)(NCC1CCC(N2CCN(c3ncccc3OCC3CC3)CC2)CC1)c1cc(Cl)ccc1F. The topological polar surface area (TPSA) is 74.8 Å². The first-order valence-electron chi connectivity index (χ1n) is 12.9. The minimum absolute atomic E-state index is 0.197.